The molecule has 6 heteroatoms. The molecule has 0 saturated carbocycles. The first-order chi connectivity index (χ1) is 12.8. The highest BCUT2D eigenvalue weighted by Gasteiger charge is 2.19. The van der Waals surface area contributed by atoms with Crippen LogP contribution in [0.5, 0.6) is 17.2 Å². The molecule has 0 unspecified atom stereocenters. The van der Waals surface area contributed by atoms with Crippen molar-refractivity contribution in [2.24, 2.45) is 0 Å². The number of nitrogens with zero attached hydrogens (tertiary/aromatic N) is 2. The van der Waals surface area contributed by atoms with E-state index >= 15 is 0 Å². The van der Waals surface area contributed by atoms with E-state index < -0.39 is 0 Å². The largest absolute Gasteiger partial charge is 0.490 e. The van der Waals surface area contributed by atoms with Crippen LogP contribution in [0.25, 0.3) is 22.8 Å². The summed E-state index contributed by atoms with van der Waals surface area (Å²) >= 11 is 0. The second-order valence-electron chi connectivity index (χ2n) is 5.39. The molecular formula is C20H22N2O4. The summed E-state index contributed by atoms with van der Waals surface area (Å²) in [7, 11) is 0. The predicted octanol–water partition coefficient (Wildman–Crippen LogP) is 4.60. The fourth-order valence-electron chi connectivity index (χ4n) is 2.56. The van der Waals surface area contributed by atoms with Crippen molar-refractivity contribution in [3.63, 3.8) is 0 Å². The van der Waals surface area contributed by atoms with Crippen molar-refractivity contribution >= 4 is 0 Å². The number of aromatic nitrogens is 2. The molecule has 1 aromatic heterocycles. The van der Waals surface area contributed by atoms with Gasteiger partial charge in [0.15, 0.2) is 11.5 Å². The summed E-state index contributed by atoms with van der Waals surface area (Å²) in [6, 6.07) is 13.3. The molecule has 1 heterocycles. The maximum Gasteiger partial charge on any atom is 0.258 e. The van der Waals surface area contributed by atoms with Gasteiger partial charge in [-0.05, 0) is 32.9 Å². The Labute approximate surface area is 152 Å². The van der Waals surface area contributed by atoms with Gasteiger partial charge in [0.1, 0.15) is 0 Å². The van der Waals surface area contributed by atoms with E-state index in [-0.39, 0.29) is 0 Å². The van der Waals surface area contributed by atoms with Crippen LogP contribution in [0.3, 0.4) is 0 Å². The molecule has 3 aromatic rings. The standard InChI is InChI=1S/C20H22N2O4/c1-4-23-16-12-15(13-17(24-5-2)18(16)25-6-3)20-21-19(22-26-20)14-10-8-7-9-11-14/h7-13H,4-6H2,1-3H3. The number of benzene rings is 2. The normalized spacial score (nSPS) is 10.6. The Kier molecular flexibility index (Phi) is 5.73. The Balaban J connectivity index is 2.03. The van der Waals surface area contributed by atoms with Crippen LogP contribution >= 0.6 is 0 Å². The topological polar surface area (TPSA) is 66.6 Å². The molecule has 0 saturated heterocycles. The first-order valence-corrected chi connectivity index (χ1v) is 8.72. The molecule has 3 rings (SSSR count). The molecule has 26 heavy (non-hydrogen) atoms. The minimum absolute atomic E-state index is 0.397. The van der Waals surface area contributed by atoms with Gasteiger partial charge < -0.3 is 18.7 Å². The summed E-state index contributed by atoms with van der Waals surface area (Å²) in [4.78, 5) is 4.50. The van der Waals surface area contributed by atoms with Gasteiger partial charge in [-0.1, -0.05) is 35.5 Å². The average molecular weight is 354 g/mol. The van der Waals surface area contributed by atoms with Crippen LogP contribution in [-0.4, -0.2) is 30.0 Å². The molecule has 0 aliphatic rings. The van der Waals surface area contributed by atoms with Crippen molar-refractivity contribution in [1.82, 2.24) is 10.1 Å². The number of rotatable bonds is 8. The summed E-state index contributed by atoms with van der Waals surface area (Å²) in [5, 5.41) is 4.07. The third-order valence-electron chi connectivity index (χ3n) is 3.61. The van der Waals surface area contributed by atoms with Crippen LogP contribution in [0.2, 0.25) is 0 Å². The van der Waals surface area contributed by atoms with Crippen LogP contribution in [-0.2, 0) is 0 Å². The summed E-state index contributed by atoms with van der Waals surface area (Å²) in [5.41, 5.74) is 1.61. The van der Waals surface area contributed by atoms with E-state index in [1.807, 2.05) is 63.2 Å². The number of ether oxygens (including phenoxy) is 3. The fourth-order valence-corrected chi connectivity index (χ4v) is 2.56. The van der Waals surface area contributed by atoms with Crippen molar-refractivity contribution < 1.29 is 18.7 Å². The van der Waals surface area contributed by atoms with Crippen LogP contribution < -0.4 is 14.2 Å². The van der Waals surface area contributed by atoms with Crippen LogP contribution in [0.1, 0.15) is 20.8 Å². The lowest BCUT2D eigenvalue weighted by Gasteiger charge is -2.16. The minimum atomic E-state index is 0.397. The lowest BCUT2D eigenvalue weighted by Crippen LogP contribution is -2.03. The molecule has 0 fully saturated rings. The van der Waals surface area contributed by atoms with Crippen molar-refractivity contribution in [1.29, 1.82) is 0 Å². The van der Waals surface area contributed by atoms with Gasteiger partial charge in [0.05, 0.1) is 19.8 Å². The fraction of sp³-hybridized carbons (Fsp3) is 0.300. The van der Waals surface area contributed by atoms with Gasteiger partial charge in [-0.3, -0.25) is 0 Å². The second-order valence-corrected chi connectivity index (χ2v) is 5.39. The molecule has 0 aliphatic carbocycles. The van der Waals surface area contributed by atoms with E-state index in [2.05, 4.69) is 10.1 Å². The van der Waals surface area contributed by atoms with Gasteiger partial charge in [0, 0.05) is 11.1 Å². The zero-order valence-electron chi connectivity index (χ0n) is 15.2. The Morgan fingerprint density at radius 2 is 1.42 bits per heavy atom. The van der Waals surface area contributed by atoms with E-state index in [1.54, 1.807) is 0 Å². The highest BCUT2D eigenvalue weighted by Crippen LogP contribution is 2.41. The summed E-state index contributed by atoms with van der Waals surface area (Å²) in [6.07, 6.45) is 0. The molecule has 0 N–H and O–H groups in total. The zero-order valence-corrected chi connectivity index (χ0v) is 15.2. The molecule has 2 aromatic carbocycles. The highest BCUT2D eigenvalue weighted by molar-refractivity contribution is 5.67. The Morgan fingerprint density at radius 1 is 0.808 bits per heavy atom. The van der Waals surface area contributed by atoms with E-state index in [9.17, 15) is 0 Å². The maximum atomic E-state index is 5.74. The first-order valence-electron chi connectivity index (χ1n) is 8.72. The molecule has 0 atom stereocenters. The van der Waals surface area contributed by atoms with Crippen molar-refractivity contribution in [3.8, 4) is 40.1 Å². The smallest absolute Gasteiger partial charge is 0.258 e. The Bertz CT molecular complexity index is 819. The molecule has 0 radical (unpaired) electrons. The highest BCUT2D eigenvalue weighted by atomic mass is 16.5. The first kappa shape index (κ1) is 17.8. The van der Waals surface area contributed by atoms with Crippen molar-refractivity contribution in [3.05, 3.63) is 42.5 Å². The SMILES string of the molecule is CCOc1cc(-c2nc(-c3ccccc3)no2)cc(OCC)c1OCC. The quantitative estimate of drug-likeness (QED) is 0.589. The molecule has 6 nitrogen and oxygen atoms in total. The van der Waals surface area contributed by atoms with Crippen LogP contribution in [0.4, 0.5) is 0 Å². The van der Waals surface area contributed by atoms with E-state index in [0.29, 0.717) is 48.8 Å². The van der Waals surface area contributed by atoms with Gasteiger partial charge in [0.25, 0.3) is 5.89 Å². The Morgan fingerprint density at radius 3 is 2.00 bits per heavy atom. The maximum absolute atomic E-state index is 5.74. The van der Waals surface area contributed by atoms with Crippen molar-refractivity contribution in [2.45, 2.75) is 20.8 Å². The lowest BCUT2D eigenvalue weighted by molar-refractivity contribution is 0.261. The third kappa shape index (κ3) is 3.79. The van der Waals surface area contributed by atoms with Crippen LogP contribution in [0.15, 0.2) is 47.0 Å². The minimum Gasteiger partial charge on any atom is -0.490 e. The van der Waals surface area contributed by atoms with Crippen LogP contribution in [0, 0.1) is 0 Å². The molecule has 0 bridgehead atoms. The van der Waals surface area contributed by atoms with Gasteiger partial charge in [-0.2, -0.15) is 4.98 Å². The Hall–Kier alpha value is -3.02. The van der Waals surface area contributed by atoms with Gasteiger partial charge in [-0.25, -0.2) is 0 Å². The summed E-state index contributed by atoms with van der Waals surface area (Å²) in [5.74, 6) is 2.70. The number of hydrogen-bond acceptors (Lipinski definition) is 6. The van der Waals surface area contributed by atoms with E-state index in [4.69, 9.17) is 18.7 Å². The van der Waals surface area contributed by atoms with E-state index in [0.717, 1.165) is 11.1 Å². The molecule has 0 spiro atoms. The predicted molar refractivity (Wildman–Crippen MR) is 98.7 cm³/mol. The lowest BCUT2D eigenvalue weighted by atomic mass is 10.1. The molecule has 0 amide bonds. The second kappa shape index (κ2) is 8.38. The van der Waals surface area contributed by atoms with E-state index in [1.165, 1.54) is 0 Å². The average Bonchev–Trinajstić information content (AvgIpc) is 3.15. The monoisotopic (exact) mass is 354 g/mol. The summed E-state index contributed by atoms with van der Waals surface area (Å²) < 4.78 is 22.7. The number of hydrogen-bond donors (Lipinski definition) is 0. The van der Waals surface area contributed by atoms with Crippen molar-refractivity contribution in [2.75, 3.05) is 19.8 Å². The van der Waals surface area contributed by atoms with Gasteiger partial charge in [-0.15, -0.1) is 0 Å². The van der Waals surface area contributed by atoms with Gasteiger partial charge >= 0.3 is 0 Å². The molecule has 136 valence electrons. The molecular weight excluding hydrogens is 332 g/mol. The molecule has 0 aliphatic heterocycles. The van der Waals surface area contributed by atoms with Gasteiger partial charge in [0.2, 0.25) is 11.6 Å². The summed E-state index contributed by atoms with van der Waals surface area (Å²) in [6.45, 7) is 7.29. The zero-order chi connectivity index (χ0) is 18.4. The third-order valence-corrected chi connectivity index (χ3v) is 3.61.